The molecule has 0 aromatic heterocycles. The highest BCUT2D eigenvalue weighted by Crippen LogP contribution is 2.25. The maximum atomic E-state index is 13.8. The van der Waals surface area contributed by atoms with Gasteiger partial charge in [0.05, 0.1) is 5.69 Å². The molecule has 0 saturated carbocycles. The molecule has 0 bridgehead atoms. The minimum atomic E-state index is -1.37. The smallest absolute Gasteiger partial charge is 0.239 e. The van der Waals surface area contributed by atoms with Gasteiger partial charge in [-0.15, -0.1) is 0 Å². The van der Waals surface area contributed by atoms with Gasteiger partial charge in [-0.25, -0.2) is 4.39 Å². The van der Waals surface area contributed by atoms with Crippen LogP contribution in [0.2, 0.25) is 0 Å². The molecule has 148 valence electrons. The number of hydrogen-bond acceptors (Lipinski definition) is 3. The number of hydrogen-bond donors (Lipinski definition) is 2. The van der Waals surface area contributed by atoms with Crippen LogP contribution in [0.4, 0.5) is 21.5 Å². The third-order valence-electron chi connectivity index (χ3n) is 5.10. The molecule has 1 saturated heterocycles. The summed E-state index contributed by atoms with van der Waals surface area (Å²) in [6.45, 7) is 5.13. The van der Waals surface area contributed by atoms with Crippen molar-refractivity contribution in [3.63, 3.8) is 0 Å². The van der Waals surface area contributed by atoms with Gasteiger partial charge in [0, 0.05) is 24.5 Å². The van der Waals surface area contributed by atoms with Gasteiger partial charge in [0.1, 0.15) is 11.2 Å². The average Bonchev–Trinajstić information content (AvgIpc) is 2.71. The molecule has 0 radical (unpaired) electrons. The van der Waals surface area contributed by atoms with Crippen LogP contribution in [0.1, 0.15) is 33.1 Å². The first kappa shape index (κ1) is 19.9. The number of nitrogens with one attached hydrogen (secondary N) is 2. The van der Waals surface area contributed by atoms with E-state index in [4.69, 9.17) is 0 Å². The van der Waals surface area contributed by atoms with Gasteiger partial charge in [-0.2, -0.15) is 0 Å². The molecular weight excluding hydrogens is 357 g/mol. The van der Waals surface area contributed by atoms with Crippen LogP contribution in [0.25, 0.3) is 0 Å². The monoisotopic (exact) mass is 383 g/mol. The largest absolute Gasteiger partial charge is 0.372 e. The van der Waals surface area contributed by atoms with E-state index in [0.29, 0.717) is 5.69 Å². The zero-order valence-electron chi connectivity index (χ0n) is 16.3. The summed E-state index contributed by atoms with van der Waals surface area (Å²) in [6.07, 6.45) is 3.67. The van der Waals surface area contributed by atoms with Crippen LogP contribution in [0, 0.1) is 11.2 Å². The number of para-hydroxylation sites is 1. The van der Waals surface area contributed by atoms with Gasteiger partial charge >= 0.3 is 0 Å². The van der Waals surface area contributed by atoms with Crippen molar-refractivity contribution >= 4 is 28.9 Å². The second kappa shape index (κ2) is 8.42. The molecule has 2 aromatic rings. The molecule has 0 spiro atoms. The Hall–Kier alpha value is -2.89. The lowest BCUT2D eigenvalue weighted by atomic mass is 9.90. The lowest BCUT2D eigenvalue weighted by Gasteiger charge is -2.29. The van der Waals surface area contributed by atoms with Crippen molar-refractivity contribution in [1.82, 2.24) is 0 Å². The van der Waals surface area contributed by atoms with E-state index in [1.54, 1.807) is 6.07 Å². The molecule has 2 amide bonds. The first-order valence-electron chi connectivity index (χ1n) is 9.60. The summed E-state index contributed by atoms with van der Waals surface area (Å²) in [6, 6.07) is 13.5. The fourth-order valence-corrected chi connectivity index (χ4v) is 3.14. The first-order valence-corrected chi connectivity index (χ1v) is 9.60. The Morgan fingerprint density at radius 3 is 2.14 bits per heavy atom. The maximum Gasteiger partial charge on any atom is 0.239 e. The molecule has 2 aromatic carbocycles. The fraction of sp³-hybridized carbons (Fsp3) is 0.364. The predicted molar refractivity (Wildman–Crippen MR) is 110 cm³/mol. The van der Waals surface area contributed by atoms with Crippen molar-refractivity contribution in [3.05, 3.63) is 54.3 Å². The Bertz CT molecular complexity index is 843. The molecule has 1 aliphatic heterocycles. The van der Waals surface area contributed by atoms with E-state index in [9.17, 15) is 14.0 Å². The highest BCUT2D eigenvalue weighted by molar-refractivity contribution is 6.14. The lowest BCUT2D eigenvalue weighted by molar-refractivity contribution is -0.135. The number of piperidine rings is 1. The Morgan fingerprint density at radius 1 is 0.893 bits per heavy atom. The van der Waals surface area contributed by atoms with E-state index in [2.05, 4.69) is 15.5 Å². The van der Waals surface area contributed by atoms with Crippen molar-refractivity contribution < 1.29 is 14.0 Å². The van der Waals surface area contributed by atoms with Gasteiger partial charge < -0.3 is 15.5 Å². The van der Waals surface area contributed by atoms with Crippen LogP contribution < -0.4 is 15.5 Å². The Labute approximate surface area is 164 Å². The predicted octanol–water partition coefficient (Wildman–Crippen LogP) is 4.42. The molecule has 5 nitrogen and oxygen atoms in total. The normalized spacial score (nSPS) is 14.5. The molecule has 1 fully saturated rings. The van der Waals surface area contributed by atoms with Crippen LogP contribution in [-0.2, 0) is 9.59 Å². The highest BCUT2D eigenvalue weighted by atomic mass is 19.1. The Morgan fingerprint density at radius 2 is 1.50 bits per heavy atom. The SMILES string of the molecule is CC(C)(C(=O)Nc1ccc(N2CCCCC2)cc1)C(=O)Nc1ccccc1F. The van der Waals surface area contributed by atoms with Gasteiger partial charge in [0.25, 0.3) is 0 Å². The summed E-state index contributed by atoms with van der Waals surface area (Å²) in [5.74, 6) is -1.56. The third-order valence-corrected chi connectivity index (χ3v) is 5.10. The first-order chi connectivity index (χ1) is 13.4. The van der Waals surface area contributed by atoms with Crippen molar-refractivity contribution in [2.45, 2.75) is 33.1 Å². The Kier molecular flexibility index (Phi) is 5.97. The number of halogens is 1. The van der Waals surface area contributed by atoms with Crippen LogP contribution in [0.5, 0.6) is 0 Å². The number of carbonyl (C=O) groups is 2. The van der Waals surface area contributed by atoms with E-state index in [1.807, 2.05) is 24.3 Å². The summed E-state index contributed by atoms with van der Waals surface area (Å²) in [5.41, 5.74) is 0.444. The van der Waals surface area contributed by atoms with Gasteiger partial charge in [-0.3, -0.25) is 9.59 Å². The van der Waals surface area contributed by atoms with E-state index >= 15 is 0 Å². The maximum absolute atomic E-state index is 13.8. The average molecular weight is 383 g/mol. The van der Waals surface area contributed by atoms with Crippen LogP contribution in [0.15, 0.2) is 48.5 Å². The molecule has 1 heterocycles. The topological polar surface area (TPSA) is 61.4 Å². The molecular formula is C22H26FN3O2. The number of rotatable bonds is 5. The molecule has 6 heteroatoms. The zero-order chi connectivity index (χ0) is 20.1. The molecule has 0 aliphatic carbocycles. The molecule has 0 atom stereocenters. The second-order valence-electron chi connectivity index (χ2n) is 7.61. The van der Waals surface area contributed by atoms with Crippen molar-refractivity contribution in [1.29, 1.82) is 0 Å². The zero-order valence-corrected chi connectivity index (χ0v) is 16.3. The van der Waals surface area contributed by atoms with Crippen LogP contribution in [0.3, 0.4) is 0 Å². The fourth-order valence-electron chi connectivity index (χ4n) is 3.14. The van der Waals surface area contributed by atoms with E-state index in [0.717, 1.165) is 18.8 Å². The van der Waals surface area contributed by atoms with Crippen molar-refractivity contribution in [3.8, 4) is 0 Å². The summed E-state index contributed by atoms with van der Waals surface area (Å²) < 4.78 is 13.8. The number of nitrogens with zero attached hydrogens (tertiary/aromatic N) is 1. The molecule has 1 aliphatic rings. The van der Waals surface area contributed by atoms with E-state index < -0.39 is 23.0 Å². The third kappa shape index (κ3) is 4.50. The Balaban J connectivity index is 1.63. The van der Waals surface area contributed by atoms with Gasteiger partial charge in [-0.1, -0.05) is 12.1 Å². The quantitative estimate of drug-likeness (QED) is 0.752. The summed E-state index contributed by atoms with van der Waals surface area (Å²) in [7, 11) is 0. The number of benzene rings is 2. The molecule has 0 unspecified atom stereocenters. The van der Waals surface area contributed by atoms with Crippen LogP contribution in [-0.4, -0.2) is 24.9 Å². The summed E-state index contributed by atoms with van der Waals surface area (Å²) in [4.78, 5) is 27.5. The van der Waals surface area contributed by atoms with Crippen molar-refractivity contribution in [2.75, 3.05) is 28.6 Å². The summed E-state index contributed by atoms with van der Waals surface area (Å²) in [5, 5.41) is 5.27. The standard InChI is InChI=1S/C22H26FN3O2/c1-22(2,21(28)25-19-9-5-4-8-18(19)23)20(27)24-16-10-12-17(13-11-16)26-14-6-3-7-15-26/h4-5,8-13H,3,6-7,14-15H2,1-2H3,(H,24,27)(H,25,28). The lowest BCUT2D eigenvalue weighted by Crippen LogP contribution is -2.41. The van der Waals surface area contributed by atoms with Gasteiger partial charge in [-0.05, 0) is 69.5 Å². The minimum Gasteiger partial charge on any atom is -0.372 e. The van der Waals surface area contributed by atoms with Gasteiger partial charge in [0.2, 0.25) is 11.8 Å². The molecule has 28 heavy (non-hydrogen) atoms. The molecule has 2 N–H and O–H groups in total. The molecule has 3 rings (SSSR count). The van der Waals surface area contributed by atoms with Gasteiger partial charge in [0.15, 0.2) is 0 Å². The van der Waals surface area contributed by atoms with E-state index in [-0.39, 0.29) is 5.69 Å². The van der Waals surface area contributed by atoms with Crippen molar-refractivity contribution in [2.24, 2.45) is 5.41 Å². The number of carbonyl (C=O) groups excluding carboxylic acids is 2. The summed E-state index contributed by atoms with van der Waals surface area (Å²) >= 11 is 0. The highest BCUT2D eigenvalue weighted by Gasteiger charge is 2.36. The van der Waals surface area contributed by atoms with E-state index in [1.165, 1.54) is 51.3 Å². The number of anilines is 3. The minimum absolute atomic E-state index is 0.0549. The van der Waals surface area contributed by atoms with Crippen LogP contribution >= 0.6 is 0 Å². The number of amides is 2. The second-order valence-corrected chi connectivity index (χ2v) is 7.61.